The summed E-state index contributed by atoms with van der Waals surface area (Å²) in [6.45, 7) is 0. The van der Waals surface area contributed by atoms with Crippen LogP contribution in [0.1, 0.15) is 75.4 Å². The van der Waals surface area contributed by atoms with Gasteiger partial charge in [0.1, 0.15) is 5.50 Å². The zero-order valence-corrected chi connectivity index (χ0v) is 15.3. The minimum absolute atomic E-state index is 0.179. The summed E-state index contributed by atoms with van der Waals surface area (Å²) in [5.41, 5.74) is 7.47. The summed E-state index contributed by atoms with van der Waals surface area (Å²) in [6, 6.07) is 14.5. The SMILES string of the molecule is NC(=O)c1cccc(C(=O)NC(Cl)c2ccccc2)c1C1CCCCC1. The zero-order chi connectivity index (χ0) is 18.5. The Kier molecular flexibility index (Phi) is 5.94. The van der Waals surface area contributed by atoms with E-state index in [1.807, 2.05) is 30.3 Å². The van der Waals surface area contributed by atoms with Gasteiger partial charge in [0.15, 0.2) is 0 Å². The molecule has 3 N–H and O–H groups in total. The van der Waals surface area contributed by atoms with Gasteiger partial charge < -0.3 is 11.1 Å². The molecular formula is C21H23ClN2O2. The predicted molar refractivity (Wildman–Crippen MR) is 103 cm³/mol. The Morgan fingerprint density at radius 2 is 1.62 bits per heavy atom. The lowest BCUT2D eigenvalue weighted by molar-refractivity contribution is 0.0947. The molecule has 0 saturated heterocycles. The van der Waals surface area contributed by atoms with Crippen molar-refractivity contribution in [3.63, 3.8) is 0 Å². The molecule has 2 aromatic rings. The molecule has 1 aliphatic rings. The minimum atomic E-state index is -0.639. The Labute approximate surface area is 158 Å². The van der Waals surface area contributed by atoms with Crippen LogP contribution in [0.25, 0.3) is 0 Å². The van der Waals surface area contributed by atoms with Crippen molar-refractivity contribution >= 4 is 23.4 Å². The molecule has 3 rings (SSSR count). The monoisotopic (exact) mass is 370 g/mol. The van der Waals surface area contributed by atoms with Gasteiger partial charge in [-0.25, -0.2) is 0 Å². The van der Waals surface area contributed by atoms with E-state index in [1.54, 1.807) is 18.2 Å². The highest BCUT2D eigenvalue weighted by molar-refractivity contribution is 6.22. The Hall–Kier alpha value is -2.33. The van der Waals surface area contributed by atoms with Crippen molar-refractivity contribution in [1.29, 1.82) is 0 Å². The minimum Gasteiger partial charge on any atom is -0.366 e. The lowest BCUT2D eigenvalue weighted by Gasteiger charge is -2.26. The largest absolute Gasteiger partial charge is 0.366 e. The maximum absolute atomic E-state index is 12.9. The van der Waals surface area contributed by atoms with Crippen LogP contribution in [-0.2, 0) is 0 Å². The van der Waals surface area contributed by atoms with Gasteiger partial charge in [0.05, 0.1) is 0 Å². The number of hydrogen-bond acceptors (Lipinski definition) is 2. The summed E-state index contributed by atoms with van der Waals surface area (Å²) in [5, 5.41) is 2.83. The molecule has 2 aromatic carbocycles. The van der Waals surface area contributed by atoms with Crippen LogP contribution in [0, 0.1) is 0 Å². The number of rotatable bonds is 5. The number of benzene rings is 2. The molecule has 0 aliphatic heterocycles. The van der Waals surface area contributed by atoms with Gasteiger partial charge in [-0.05, 0) is 42.0 Å². The van der Waals surface area contributed by atoms with Crippen LogP contribution in [0.4, 0.5) is 0 Å². The van der Waals surface area contributed by atoms with Gasteiger partial charge >= 0.3 is 0 Å². The Balaban J connectivity index is 1.91. The molecule has 0 heterocycles. The van der Waals surface area contributed by atoms with E-state index in [-0.39, 0.29) is 11.8 Å². The van der Waals surface area contributed by atoms with Gasteiger partial charge in [-0.3, -0.25) is 9.59 Å². The average molecular weight is 371 g/mol. The molecular weight excluding hydrogens is 348 g/mol. The predicted octanol–water partition coefficient (Wildman–Crippen LogP) is 4.50. The number of nitrogens with one attached hydrogen (secondary N) is 1. The highest BCUT2D eigenvalue weighted by Gasteiger charge is 2.26. The van der Waals surface area contributed by atoms with Crippen LogP contribution in [0.2, 0.25) is 0 Å². The normalized spacial score (nSPS) is 16.0. The Morgan fingerprint density at radius 3 is 2.27 bits per heavy atom. The van der Waals surface area contributed by atoms with Crippen molar-refractivity contribution in [2.75, 3.05) is 0 Å². The molecule has 2 amide bonds. The molecule has 0 radical (unpaired) electrons. The summed E-state index contributed by atoms with van der Waals surface area (Å²) in [5.74, 6) is -0.595. The summed E-state index contributed by atoms with van der Waals surface area (Å²) in [6.07, 6.45) is 5.32. The van der Waals surface area contributed by atoms with Crippen molar-refractivity contribution in [2.45, 2.75) is 43.5 Å². The van der Waals surface area contributed by atoms with Crippen LogP contribution >= 0.6 is 11.6 Å². The van der Waals surface area contributed by atoms with Gasteiger partial charge in [-0.1, -0.05) is 67.3 Å². The number of carbonyl (C=O) groups excluding carboxylic acids is 2. The maximum atomic E-state index is 12.9. The molecule has 0 aromatic heterocycles. The standard InChI is InChI=1S/C21H23ClN2O2/c22-19(15-10-5-2-6-11-15)24-21(26)17-13-7-12-16(20(23)25)18(17)14-8-3-1-4-9-14/h2,5-7,10-14,19H,1,3-4,8-9H2,(H2,23,25)(H,24,26). The number of nitrogens with two attached hydrogens (primary N) is 1. The van der Waals surface area contributed by atoms with Crippen molar-refractivity contribution in [3.05, 3.63) is 70.8 Å². The molecule has 26 heavy (non-hydrogen) atoms. The molecule has 4 nitrogen and oxygen atoms in total. The summed E-state index contributed by atoms with van der Waals surface area (Å²) in [7, 11) is 0. The fraction of sp³-hybridized carbons (Fsp3) is 0.333. The maximum Gasteiger partial charge on any atom is 0.253 e. The quantitative estimate of drug-likeness (QED) is 0.600. The molecule has 0 bridgehead atoms. The van der Waals surface area contributed by atoms with Crippen molar-refractivity contribution in [2.24, 2.45) is 5.73 Å². The molecule has 136 valence electrons. The smallest absolute Gasteiger partial charge is 0.253 e. The van der Waals surface area contributed by atoms with E-state index in [1.165, 1.54) is 6.42 Å². The first-order valence-electron chi connectivity index (χ1n) is 9.00. The van der Waals surface area contributed by atoms with Gasteiger partial charge in [0.25, 0.3) is 5.91 Å². The third-order valence-corrected chi connectivity index (χ3v) is 5.34. The first kappa shape index (κ1) is 18.5. The van der Waals surface area contributed by atoms with E-state index in [4.69, 9.17) is 17.3 Å². The number of halogens is 1. The topological polar surface area (TPSA) is 72.2 Å². The van der Waals surface area contributed by atoms with Crippen molar-refractivity contribution < 1.29 is 9.59 Å². The number of amides is 2. The molecule has 1 saturated carbocycles. The lowest BCUT2D eigenvalue weighted by Crippen LogP contribution is -2.28. The molecule has 1 fully saturated rings. The van der Waals surface area contributed by atoms with E-state index in [2.05, 4.69) is 5.32 Å². The van der Waals surface area contributed by atoms with E-state index in [0.717, 1.165) is 36.8 Å². The fourth-order valence-electron chi connectivity index (χ4n) is 3.71. The van der Waals surface area contributed by atoms with Crippen LogP contribution in [0.5, 0.6) is 0 Å². The van der Waals surface area contributed by atoms with E-state index < -0.39 is 11.4 Å². The zero-order valence-electron chi connectivity index (χ0n) is 14.6. The van der Waals surface area contributed by atoms with Gasteiger partial charge in [-0.2, -0.15) is 0 Å². The highest BCUT2D eigenvalue weighted by atomic mass is 35.5. The first-order valence-corrected chi connectivity index (χ1v) is 9.44. The molecule has 1 aliphatic carbocycles. The Morgan fingerprint density at radius 1 is 0.962 bits per heavy atom. The van der Waals surface area contributed by atoms with Crippen LogP contribution in [0.15, 0.2) is 48.5 Å². The molecule has 1 unspecified atom stereocenters. The average Bonchev–Trinajstić information content (AvgIpc) is 2.68. The number of carbonyl (C=O) groups is 2. The second-order valence-corrected chi connectivity index (χ2v) is 7.15. The third kappa shape index (κ3) is 4.07. The van der Waals surface area contributed by atoms with Crippen LogP contribution in [-0.4, -0.2) is 11.8 Å². The molecule has 5 heteroatoms. The van der Waals surface area contributed by atoms with Gasteiger partial charge in [0.2, 0.25) is 5.91 Å². The van der Waals surface area contributed by atoms with Crippen LogP contribution in [0.3, 0.4) is 0 Å². The Bertz CT molecular complexity index is 786. The number of alkyl halides is 1. The highest BCUT2D eigenvalue weighted by Crippen LogP contribution is 2.36. The summed E-state index contributed by atoms with van der Waals surface area (Å²) < 4.78 is 0. The number of hydrogen-bond donors (Lipinski definition) is 2. The van der Waals surface area contributed by atoms with Gasteiger partial charge in [-0.15, -0.1) is 0 Å². The first-order chi connectivity index (χ1) is 12.6. The summed E-state index contributed by atoms with van der Waals surface area (Å²) >= 11 is 6.37. The summed E-state index contributed by atoms with van der Waals surface area (Å²) in [4.78, 5) is 24.9. The number of primary amides is 1. The third-order valence-electron chi connectivity index (χ3n) is 4.98. The molecule has 1 atom stereocenters. The van der Waals surface area contributed by atoms with Crippen molar-refractivity contribution in [1.82, 2.24) is 5.32 Å². The van der Waals surface area contributed by atoms with Crippen molar-refractivity contribution in [3.8, 4) is 0 Å². The van der Waals surface area contributed by atoms with E-state index in [9.17, 15) is 9.59 Å². The second kappa shape index (κ2) is 8.37. The van der Waals surface area contributed by atoms with Gasteiger partial charge in [0, 0.05) is 11.1 Å². The second-order valence-electron chi connectivity index (χ2n) is 6.71. The van der Waals surface area contributed by atoms with E-state index >= 15 is 0 Å². The van der Waals surface area contributed by atoms with E-state index in [0.29, 0.717) is 11.1 Å². The fourth-order valence-corrected chi connectivity index (χ4v) is 3.95. The lowest BCUT2D eigenvalue weighted by atomic mass is 9.79. The van der Waals surface area contributed by atoms with Crippen LogP contribution < -0.4 is 11.1 Å². The molecule has 0 spiro atoms.